The molecule has 1 saturated carbocycles. The Morgan fingerprint density at radius 1 is 0.971 bits per heavy atom. The largest absolute Gasteiger partial charge is 0.394 e. The summed E-state index contributed by atoms with van der Waals surface area (Å²) in [5.74, 6) is -5.37. The Morgan fingerprint density at radius 3 is 2.34 bits per heavy atom. The second kappa shape index (κ2) is 9.54. The van der Waals surface area contributed by atoms with Gasteiger partial charge in [0.2, 0.25) is 5.91 Å². The molecule has 12 heteroatoms. The van der Waals surface area contributed by atoms with Crippen LogP contribution in [0.5, 0.6) is 0 Å². The molecular weight excluding hydrogens is 594 g/mol. The van der Waals surface area contributed by atoms with Crippen molar-refractivity contribution in [3.8, 4) is 0 Å². The van der Waals surface area contributed by atoms with E-state index in [-0.39, 0.29) is 26.4 Å². The molecule has 0 spiro atoms. The van der Waals surface area contributed by atoms with Crippen LogP contribution in [0.15, 0.2) is 53.0 Å². The van der Waals surface area contributed by atoms with Crippen molar-refractivity contribution in [2.75, 3.05) is 16.4 Å². The van der Waals surface area contributed by atoms with Gasteiger partial charge in [-0.3, -0.25) is 9.59 Å². The second-order valence-corrected chi connectivity index (χ2v) is 10.5. The third-order valence-electron chi connectivity index (χ3n) is 5.49. The minimum Gasteiger partial charge on any atom is -0.394 e. The number of anilines is 3. The maximum atomic E-state index is 14.2. The van der Waals surface area contributed by atoms with Gasteiger partial charge >= 0.3 is 0 Å². The molecule has 5 nitrogen and oxygen atoms in total. The van der Waals surface area contributed by atoms with E-state index in [1.165, 1.54) is 36.4 Å². The molecular formula is C23H14BrCl3F3N3O2. The Hall–Kier alpha value is -2.46. The van der Waals surface area contributed by atoms with Crippen LogP contribution in [0.4, 0.5) is 30.2 Å². The number of hydrogen-bond donors (Lipinski definition) is 3. The molecule has 2 atom stereocenters. The fourth-order valence-corrected chi connectivity index (χ4v) is 5.05. The third kappa shape index (κ3) is 4.95. The first-order valence-corrected chi connectivity index (χ1v) is 11.8. The van der Waals surface area contributed by atoms with Gasteiger partial charge in [0.25, 0.3) is 5.91 Å². The summed E-state index contributed by atoms with van der Waals surface area (Å²) in [5.41, 5.74) is 4.89. The monoisotopic (exact) mass is 605 g/mol. The van der Waals surface area contributed by atoms with Crippen LogP contribution in [-0.2, 0) is 4.79 Å². The van der Waals surface area contributed by atoms with Crippen LogP contribution in [0, 0.1) is 23.4 Å². The van der Waals surface area contributed by atoms with Gasteiger partial charge in [-0.1, -0.05) is 17.7 Å². The smallest absolute Gasteiger partial charge is 0.257 e. The molecule has 1 aliphatic carbocycles. The van der Waals surface area contributed by atoms with Crippen molar-refractivity contribution >= 4 is 79.6 Å². The highest BCUT2D eigenvalue weighted by Gasteiger charge is 2.67. The Kier molecular flexibility index (Phi) is 6.98. The standard InChI is InChI=1S/C23H14BrCl3F3N3O2/c24-12-7-9(1-4-14(12)28)17-18(23(17,26)27)22(35)32-10-2-3-13(25)11(8-10)21(34)33-16-6-5-15(29)20(31)19(16)30/h1-8,17-18H,31H2,(H,32,35)(H,33,34). The Morgan fingerprint density at radius 2 is 1.66 bits per heavy atom. The zero-order chi connectivity index (χ0) is 25.7. The molecule has 4 N–H and O–H groups in total. The Labute approximate surface area is 220 Å². The van der Waals surface area contributed by atoms with Gasteiger partial charge in [-0.2, -0.15) is 0 Å². The van der Waals surface area contributed by atoms with Crippen LogP contribution in [0.2, 0.25) is 5.02 Å². The van der Waals surface area contributed by atoms with Gasteiger partial charge in [0.15, 0.2) is 5.82 Å². The number of rotatable bonds is 5. The summed E-state index contributed by atoms with van der Waals surface area (Å²) in [5, 5.41) is 4.91. The molecule has 0 saturated heterocycles. The summed E-state index contributed by atoms with van der Waals surface area (Å²) >= 11 is 21.9. The average Bonchev–Trinajstić information content (AvgIpc) is 3.39. The lowest BCUT2D eigenvalue weighted by atomic mass is 10.1. The van der Waals surface area contributed by atoms with Crippen LogP contribution in [0.1, 0.15) is 21.8 Å². The number of amides is 2. The van der Waals surface area contributed by atoms with E-state index in [1.807, 2.05) is 0 Å². The van der Waals surface area contributed by atoms with E-state index >= 15 is 0 Å². The SMILES string of the molecule is Nc1c(F)ccc(NC(=O)c2cc(NC(=O)C3C(c4ccc(F)c(Br)c4)C3(Cl)Cl)ccc2Cl)c1F. The topological polar surface area (TPSA) is 84.2 Å². The zero-order valence-electron chi connectivity index (χ0n) is 17.3. The van der Waals surface area contributed by atoms with Gasteiger partial charge < -0.3 is 16.4 Å². The quantitative estimate of drug-likeness (QED) is 0.218. The molecule has 35 heavy (non-hydrogen) atoms. The fourth-order valence-electron chi connectivity index (χ4n) is 3.63. The summed E-state index contributed by atoms with van der Waals surface area (Å²) in [6, 6.07) is 10.2. The van der Waals surface area contributed by atoms with E-state index in [4.69, 9.17) is 40.5 Å². The van der Waals surface area contributed by atoms with E-state index in [1.54, 1.807) is 0 Å². The van der Waals surface area contributed by atoms with Crippen LogP contribution in [0.25, 0.3) is 0 Å². The van der Waals surface area contributed by atoms with Crippen molar-refractivity contribution < 1.29 is 22.8 Å². The highest BCUT2D eigenvalue weighted by Crippen LogP contribution is 2.65. The lowest BCUT2D eigenvalue weighted by Crippen LogP contribution is -2.18. The van der Waals surface area contributed by atoms with Crippen molar-refractivity contribution in [3.05, 3.63) is 86.6 Å². The van der Waals surface area contributed by atoms with Crippen LogP contribution in [-0.4, -0.2) is 16.1 Å². The number of carbonyl (C=O) groups excluding carboxylic acids is 2. The molecule has 1 fully saturated rings. The number of nitrogens with two attached hydrogens (primary N) is 1. The van der Waals surface area contributed by atoms with Crippen molar-refractivity contribution in [3.63, 3.8) is 0 Å². The number of alkyl halides is 2. The molecule has 0 heterocycles. The maximum absolute atomic E-state index is 14.2. The average molecular weight is 608 g/mol. The van der Waals surface area contributed by atoms with E-state index in [9.17, 15) is 22.8 Å². The van der Waals surface area contributed by atoms with Gasteiger partial charge in [0, 0.05) is 11.6 Å². The molecule has 182 valence electrons. The van der Waals surface area contributed by atoms with Gasteiger partial charge in [0.1, 0.15) is 21.7 Å². The van der Waals surface area contributed by atoms with Gasteiger partial charge in [-0.25, -0.2) is 13.2 Å². The van der Waals surface area contributed by atoms with Crippen molar-refractivity contribution in [1.82, 2.24) is 0 Å². The number of hydrogen-bond acceptors (Lipinski definition) is 3. The number of carbonyl (C=O) groups is 2. The molecule has 0 radical (unpaired) electrons. The highest BCUT2D eigenvalue weighted by atomic mass is 79.9. The van der Waals surface area contributed by atoms with Gasteiger partial charge in [-0.05, 0) is 64.0 Å². The van der Waals surface area contributed by atoms with E-state index in [0.29, 0.717) is 5.56 Å². The molecule has 0 aromatic heterocycles. The predicted octanol–water partition coefficient (Wildman–Crippen LogP) is 6.88. The maximum Gasteiger partial charge on any atom is 0.257 e. The van der Waals surface area contributed by atoms with Crippen molar-refractivity contribution in [2.24, 2.45) is 5.92 Å². The lowest BCUT2D eigenvalue weighted by Gasteiger charge is -2.11. The minimum atomic E-state index is -1.42. The molecule has 0 bridgehead atoms. The minimum absolute atomic E-state index is 0.0143. The predicted molar refractivity (Wildman–Crippen MR) is 134 cm³/mol. The molecule has 3 aromatic carbocycles. The van der Waals surface area contributed by atoms with E-state index in [2.05, 4.69) is 26.6 Å². The summed E-state index contributed by atoms with van der Waals surface area (Å²) in [6.45, 7) is 0. The summed E-state index contributed by atoms with van der Waals surface area (Å²) in [7, 11) is 0. The lowest BCUT2D eigenvalue weighted by molar-refractivity contribution is -0.117. The van der Waals surface area contributed by atoms with Crippen LogP contribution < -0.4 is 16.4 Å². The van der Waals surface area contributed by atoms with Crippen molar-refractivity contribution in [2.45, 2.75) is 10.3 Å². The molecule has 4 rings (SSSR count). The number of halogens is 7. The molecule has 1 aliphatic rings. The first-order chi connectivity index (χ1) is 16.4. The van der Waals surface area contributed by atoms with Gasteiger partial charge in [0.05, 0.1) is 26.7 Å². The number of nitrogens with one attached hydrogen (secondary N) is 2. The molecule has 3 aromatic rings. The third-order valence-corrected chi connectivity index (χ3v) is 7.37. The Bertz CT molecular complexity index is 1370. The fraction of sp³-hybridized carbons (Fsp3) is 0.130. The number of nitrogen functional groups attached to an aromatic ring is 1. The molecule has 0 aliphatic heterocycles. The first-order valence-electron chi connectivity index (χ1n) is 9.89. The second-order valence-electron chi connectivity index (χ2n) is 7.76. The van der Waals surface area contributed by atoms with E-state index < -0.39 is 51.1 Å². The molecule has 2 amide bonds. The highest BCUT2D eigenvalue weighted by molar-refractivity contribution is 9.10. The molecule has 2 unspecified atom stereocenters. The first kappa shape index (κ1) is 25.6. The summed E-state index contributed by atoms with van der Waals surface area (Å²) < 4.78 is 39.9. The zero-order valence-corrected chi connectivity index (χ0v) is 21.2. The van der Waals surface area contributed by atoms with Crippen LogP contribution >= 0.6 is 50.7 Å². The van der Waals surface area contributed by atoms with Crippen molar-refractivity contribution in [1.29, 1.82) is 0 Å². The van der Waals surface area contributed by atoms with Gasteiger partial charge in [-0.15, -0.1) is 23.2 Å². The van der Waals surface area contributed by atoms with Crippen LogP contribution in [0.3, 0.4) is 0 Å². The van der Waals surface area contributed by atoms with E-state index in [0.717, 1.165) is 12.1 Å². The summed E-state index contributed by atoms with van der Waals surface area (Å²) in [6.07, 6.45) is 0. The normalized spacial score (nSPS) is 18.1. The number of benzene rings is 3. The Balaban J connectivity index is 1.52. The summed E-state index contributed by atoms with van der Waals surface area (Å²) in [4.78, 5) is 25.6.